The van der Waals surface area contributed by atoms with Crippen LogP contribution in [-0.2, 0) is 4.74 Å². The molecule has 1 N–H and O–H groups in total. The second-order valence-corrected chi connectivity index (χ2v) is 9.05. The highest BCUT2D eigenvalue weighted by Gasteiger charge is 2.39. The number of nitrogens with one attached hydrogen (secondary N) is 1. The number of anilines is 1. The van der Waals surface area contributed by atoms with Crippen LogP contribution in [0.1, 0.15) is 36.6 Å². The Hall–Kier alpha value is -2.22. The van der Waals surface area contributed by atoms with Crippen LogP contribution in [0.5, 0.6) is 0 Å². The van der Waals surface area contributed by atoms with E-state index in [9.17, 15) is 0 Å². The molecule has 3 aliphatic heterocycles. The van der Waals surface area contributed by atoms with Gasteiger partial charge < -0.3 is 15.0 Å². The molecule has 30 heavy (non-hydrogen) atoms. The molecule has 156 valence electrons. The van der Waals surface area contributed by atoms with E-state index < -0.39 is 0 Å². The molecule has 2 atom stereocenters. The number of aryl methyl sites for hydroxylation is 1. The molecule has 2 bridgehead atoms. The number of piperidine rings is 1. The molecular weight excluding hydrogens is 400 g/mol. The van der Waals surface area contributed by atoms with Crippen molar-refractivity contribution in [2.75, 3.05) is 31.1 Å². The highest BCUT2D eigenvalue weighted by atomic mass is 35.5. The maximum Gasteiger partial charge on any atom is 0.159 e. The number of halogens is 1. The Morgan fingerprint density at radius 3 is 2.73 bits per heavy atom. The van der Waals surface area contributed by atoms with Crippen molar-refractivity contribution in [3.63, 3.8) is 0 Å². The minimum atomic E-state index is 0.328. The van der Waals surface area contributed by atoms with Crippen molar-refractivity contribution in [1.82, 2.24) is 25.1 Å². The average Bonchev–Trinajstić information content (AvgIpc) is 3.49. The van der Waals surface area contributed by atoms with Crippen LogP contribution < -0.4 is 10.2 Å². The molecule has 5 heterocycles. The van der Waals surface area contributed by atoms with Crippen LogP contribution in [0, 0.1) is 6.92 Å². The topological polar surface area (TPSA) is 68.1 Å². The molecule has 0 aliphatic carbocycles. The number of hydrogen-bond donors (Lipinski definition) is 1. The normalized spacial score (nSPS) is 24.3. The van der Waals surface area contributed by atoms with Gasteiger partial charge in [0.25, 0.3) is 0 Å². The molecule has 0 saturated carbocycles. The lowest BCUT2D eigenvalue weighted by Gasteiger charge is -2.28. The van der Waals surface area contributed by atoms with Gasteiger partial charge in [0.1, 0.15) is 11.6 Å². The van der Waals surface area contributed by atoms with Gasteiger partial charge in [-0.05, 0) is 62.9 Å². The molecule has 7 nitrogen and oxygen atoms in total. The summed E-state index contributed by atoms with van der Waals surface area (Å²) in [5.41, 5.74) is 2.26. The van der Waals surface area contributed by atoms with Crippen LogP contribution in [-0.4, -0.2) is 58.1 Å². The van der Waals surface area contributed by atoms with Gasteiger partial charge in [-0.15, -0.1) is 0 Å². The first kappa shape index (κ1) is 18.5. The number of benzene rings is 1. The number of hydrogen-bond acceptors (Lipinski definition) is 6. The van der Waals surface area contributed by atoms with E-state index >= 15 is 0 Å². The number of nitrogens with zero attached hydrogens (tertiary/aromatic N) is 5. The Labute approximate surface area is 180 Å². The summed E-state index contributed by atoms with van der Waals surface area (Å²) in [6, 6.07) is 6.73. The van der Waals surface area contributed by atoms with Crippen LogP contribution in [0.25, 0.3) is 16.7 Å². The Morgan fingerprint density at radius 2 is 1.97 bits per heavy atom. The maximum atomic E-state index is 6.66. The summed E-state index contributed by atoms with van der Waals surface area (Å²) in [5, 5.41) is 9.96. The third-order valence-corrected chi connectivity index (χ3v) is 7.02. The van der Waals surface area contributed by atoms with Crippen molar-refractivity contribution in [3.05, 3.63) is 40.8 Å². The molecule has 0 unspecified atom stereocenters. The zero-order chi connectivity index (χ0) is 20.2. The molecule has 0 spiro atoms. The van der Waals surface area contributed by atoms with Crippen molar-refractivity contribution in [2.45, 2.75) is 44.2 Å². The van der Waals surface area contributed by atoms with Crippen molar-refractivity contribution >= 4 is 28.3 Å². The lowest BCUT2D eigenvalue weighted by molar-refractivity contribution is 0.0988. The second-order valence-electron chi connectivity index (χ2n) is 8.64. The Kier molecular flexibility index (Phi) is 4.44. The van der Waals surface area contributed by atoms with Crippen molar-refractivity contribution in [2.24, 2.45) is 0 Å². The minimum Gasteiger partial charge on any atom is -0.374 e. The van der Waals surface area contributed by atoms with E-state index in [0.717, 1.165) is 78.9 Å². The van der Waals surface area contributed by atoms with Gasteiger partial charge in [0.05, 0.1) is 30.5 Å². The van der Waals surface area contributed by atoms with E-state index in [1.54, 1.807) is 0 Å². The molecule has 1 aromatic carbocycles. The van der Waals surface area contributed by atoms with Gasteiger partial charge in [0.15, 0.2) is 5.82 Å². The number of aromatic nitrogens is 4. The molecule has 2 aromatic heterocycles. The number of rotatable bonds is 3. The lowest BCUT2D eigenvalue weighted by atomic mass is 9.90. The summed E-state index contributed by atoms with van der Waals surface area (Å²) in [5.74, 6) is 3.00. The van der Waals surface area contributed by atoms with E-state index in [-0.39, 0.29) is 0 Å². The van der Waals surface area contributed by atoms with Crippen LogP contribution in [0.2, 0.25) is 5.02 Å². The second kappa shape index (κ2) is 7.18. The van der Waals surface area contributed by atoms with Crippen molar-refractivity contribution in [3.8, 4) is 5.82 Å². The van der Waals surface area contributed by atoms with E-state index in [2.05, 4.69) is 27.4 Å². The van der Waals surface area contributed by atoms with Crippen LogP contribution in [0.4, 0.5) is 5.82 Å². The van der Waals surface area contributed by atoms with Gasteiger partial charge in [-0.25, -0.2) is 14.6 Å². The monoisotopic (exact) mass is 424 g/mol. The van der Waals surface area contributed by atoms with Gasteiger partial charge in [-0.1, -0.05) is 11.6 Å². The summed E-state index contributed by atoms with van der Waals surface area (Å²) >= 11 is 6.66. The maximum absolute atomic E-state index is 6.66. The number of ether oxygens (including phenoxy) is 1. The summed E-state index contributed by atoms with van der Waals surface area (Å²) in [6.45, 7) is 5.70. The van der Waals surface area contributed by atoms with Gasteiger partial charge in [-0.3, -0.25) is 0 Å². The first-order valence-electron chi connectivity index (χ1n) is 10.8. The Morgan fingerprint density at radius 1 is 1.13 bits per heavy atom. The summed E-state index contributed by atoms with van der Waals surface area (Å²) in [6.07, 6.45) is 5.50. The fourth-order valence-electron chi connectivity index (χ4n) is 5.16. The quantitative estimate of drug-likeness (QED) is 0.696. The molecule has 3 saturated heterocycles. The smallest absolute Gasteiger partial charge is 0.159 e. The standard InChI is InChI=1S/C22H25ClN6O/c1-13-26-21(28-11-17-7-16(28)12-30-17)9-22(27-13)29-20-8-18(14-2-4-24-5-3-14)19(23)6-15(20)10-25-29/h6,8-10,14,16-17,24H,2-5,7,11-12H2,1H3/t16-,17-/m0/s1. The van der Waals surface area contributed by atoms with Gasteiger partial charge in [0, 0.05) is 23.0 Å². The predicted octanol–water partition coefficient (Wildman–Crippen LogP) is 3.22. The van der Waals surface area contributed by atoms with Crippen molar-refractivity contribution in [1.29, 1.82) is 0 Å². The molecule has 3 aliphatic rings. The van der Waals surface area contributed by atoms with Gasteiger partial charge in [-0.2, -0.15) is 5.10 Å². The van der Waals surface area contributed by atoms with E-state index in [1.807, 2.05) is 23.9 Å². The molecule has 8 heteroatoms. The van der Waals surface area contributed by atoms with Crippen LogP contribution in [0.3, 0.4) is 0 Å². The van der Waals surface area contributed by atoms with Crippen molar-refractivity contribution < 1.29 is 4.74 Å². The fourth-order valence-corrected chi connectivity index (χ4v) is 5.49. The first-order chi connectivity index (χ1) is 14.7. The lowest BCUT2D eigenvalue weighted by Crippen LogP contribution is -2.37. The van der Waals surface area contributed by atoms with Gasteiger partial charge in [0.2, 0.25) is 0 Å². The van der Waals surface area contributed by atoms with Gasteiger partial charge >= 0.3 is 0 Å². The predicted molar refractivity (Wildman–Crippen MR) is 117 cm³/mol. The van der Waals surface area contributed by atoms with E-state index in [0.29, 0.717) is 18.1 Å². The molecule has 3 fully saturated rings. The highest BCUT2D eigenvalue weighted by Crippen LogP contribution is 2.35. The summed E-state index contributed by atoms with van der Waals surface area (Å²) in [7, 11) is 0. The minimum absolute atomic E-state index is 0.328. The van der Waals surface area contributed by atoms with Crippen LogP contribution in [0.15, 0.2) is 24.4 Å². The number of morpholine rings is 1. The third kappa shape index (κ3) is 3.07. The summed E-state index contributed by atoms with van der Waals surface area (Å²) in [4.78, 5) is 11.8. The number of fused-ring (bicyclic) bond motifs is 3. The van der Waals surface area contributed by atoms with E-state index in [4.69, 9.17) is 26.3 Å². The molecule has 6 rings (SSSR count). The largest absolute Gasteiger partial charge is 0.374 e. The zero-order valence-electron chi connectivity index (χ0n) is 17.0. The molecule has 0 amide bonds. The fraction of sp³-hybridized carbons (Fsp3) is 0.500. The Bertz CT molecular complexity index is 1110. The molecule has 3 aromatic rings. The Balaban J connectivity index is 1.42. The molecular formula is C22H25ClN6O. The molecule has 0 radical (unpaired) electrons. The third-order valence-electron chi connectivity index (χ3n) is 6.69. The zero-order valence-corrected chi connectivity index (χ0v) is 17.8. The first-order valence-corrected chi connectivity index (χ1v) is 11.2. The van der Waals surface area contributed by atoms with Crippen LogP contribution >= 0.6 is 11.6 Å². The highest BCUT2D eigenvalue weighted by molar-refractivity contribution is 6.32. The summed E-state index contributed by atoms with van der Waals surface area (Å²) < 4.78 is 7.69. The SMILES string of the molecule is Cc1nc(N2C[C@@H]3C[C@H]2CO3)cc(-n2ncc3cc(Cl)c(C4CCNCC4)cc32)n1. The average molecular weight is 425 g/mol. The van der Waals surface area contributed by atoms with E-state index in [1.165, 1.54) is 5.56 Å².